The summed E-state index contributed by atoms with van der Waals surface area (Å²) in [5, 5.41) is 9.99. The van der Waals surface area contributed by atoms with Gasteiger partial charge in [0.2, 0.25) is 0 Å². The monoisotopic (exact) mass is 244 g/mol. The Morgan fingerprint density at radius 3 is 2.59 bits per heavy atom. The molecular weight excluding hydrogens is 229 g/mol. The van der Waals surface area contributed by atoms with E-state index in [2.05, 4.69) is 0 Å². The smallest absolute Gasteiger partial charge is 0.388 e. The second-order valence-corrected chi connectivity index (χ2v) is 4.62. The zero-order chi connectivity index (χ0) is 12.5. The SMILES string of the molecule is OC1c2ccccc2CC1CCCC(F)(F)F. The Morgan fingerprint density at radius 1 is 1.24 bits per heavy atom. The van der Waals surface area contributed by atoms with Gasteiger partial charge in [0, 0.05) is 6.42 Å². The molecule has 1 nitrogen and oxygen atoms in total. The number of fused-ring (bicyclic) bond motifs is 1. The summed E-state index contributed by atoms with van der Waals surface area (Å²) in [4.78, 5) is 0. The van der Waals surface area contributed by atoms with Gasteiger partial charge in [-0.3, -0.25) is 0 Å². The van der Waals surface area contributed by atoms with Crippen LogP contribution in [0.3, 0.4) is 0 Å². The number of rotatable bonds is 3. The van der Waals surface area contributed by atoms with Gasteiger partial charge in [-0.2, -0.15) is 13.2 Å². The topological polar surface area (TPSA) is 20.2 Å². The highest BCUT2D eigenvalue weighted by molar-refractivity contribution is 5.34. The molecule has 1 N–H and O–H groups in total. The average molecular weight is 244 g/mol. The summed E-state index contributed by atoms with van der Waals surface area (Å²) >= 11 is 0. The molecule has 94 valence electrons. The molecule has 0 spiro atoms. The summed E-state index contributed by atoms with van der Waals surface area (Å²) in [7, 11) is 0. The van der Waals surface area contributed by atoms with Crippen LogP contribution in [0.2, 0.25) is 0 Å². The first-order valence-corrected chi connectivity index (χ1v) is 5.80. The van der Waals surface area contributed by atoms with Crippen LogP contribution in [-0.4, -0.2) is 11.3 Å². The maximum absolute atomic E-state index is 12.0. The van der Waals surface area contributed by atoms with E-state index in [4.69, 9.17) is 0 Å². The van der Waals surface area contributed by atoms with Crippen LogP contribution in [0.25, 0.3) is 0 Å². The predicted molar refractivity (Wildman–Crippen MR) is 58.5 cm³/mol. The van der Waals surface area contributed by atoms with E-state index in [0.29, 0.717) is 12.8 Å². The number of aliphatic hydroxyl groups excluding tert-OH is 1. The lowest BCUT2D eigenvalue weighted by atomic mass is 9.96. The third-order valence-electron chi connectivity index (χ3n) is 3.34. The minimum Gasteiger partial charge on any atom is -0.388 e. The molecule has 0 saturated carbocycles. The number of halogens is 3. The number of hydrogen-bond donors (Lipinski definition) is 1. The molecule has 4 heteroatoms. The van der Waals surface area contributed by atoms with E-state index in [9.17, 15) is 18.3 Å². The average Bonchev–Trinajstić information content (AvgIpc) is 2.55. The number of hydrogen-bond acceptors (Lipinski definition) is 1. The molecule has 2 atom stereocenters. The van der Waals surface area contributed by atoms with Gasteiger partial charge >= 0.3 is 6.18 Å². The standard InChI is InChI=1S/C13H15F3O/c14-13(15,16)7-3-5-10-8-9-4-1-2-6-11(9)12(10)17/h1-2,4,6,10,12,17H,3,5,7-8H2. The Kier molecular flexibility index (Phi) is 3.43. The van der Waals surface area contributed by atoms with Crippen molar-refractivity contribution >= 4 is 0 Å². The van der Waals surface area contributed by atoms with E-state index < -0.39 is 18.7 Å². The van der Waals surface area contributed by atoms with E-state index in [1.54, 1.807) is 0 Å². The molecule has 0 saturated heterocycles. The lowest BCUT2D eigenvalue weighted by Crippen LogP contribution is -2.11. The summed E-state index contributed by atoms with van der Waals surface area (Å²) in [6.45, 7) is 0. The van der Waals surface area contributed by atoms with Crippen molar-refractivity contribution in [1.29, 1.82) is 0 Å². The minimum absolute atomic E-state index is 0.0604. The molecule has 0 fully saturated rings. The van der Waals surface area contributed by atoms with E-state index in [-0.39, 0.29) is 12.3 Å². The summed E-state index contributed by atoms with van der Waals surface area (Å²) in [5.74, 6) is -0.0604. The van der Waals surface area contributed by atoms with Gasteiger partial charge < -0.3 is 5.11 Å². The van der Waals surface area contributed by atoms with Gasteiger partial charge in [-0.1, -0.05) is 24.3 Å². The largest absolute Gasteiger partial charge is 0.389 e. The molecule has 0 amide bonds. The van der Waals surface area contributed by atoms with Crippen LogP contribution >= 0.6 is 0 Å². The summed E-state index contributed by atoms with van der Waals surface area (Å²) in [6.07, 6.45) is -4.23. The maximum Gasteiger partial charge on any atom is 0.389 e. The van der Waals surface area contributed by atoms with Gasteiger partial charge in [0.25, 0.3) is 0 Å². The van der Waals surface area contributed by atoms with Crippen molar-refractivity contribution in [2.45, 2.75) is 38.0 Å². The molecule has 1 aliphatic rings. The first-order chi connectivity index (χ1) is 7.97. The second-order valence-electron chi connectivity index (χ2n) is 4.62. The fourth-order valence-electron chi connectivity index (χ4n) is 2.48. The quantitative estimate of drug-likeness (QED) is 0.860. The van der Waals surface area contributed by atoms with Crippen LogP contribution in [0.5, 0.6) is 0 Å². The van der Waals surface area contributed by atoms with Crippen molar-refractivity contribution in [3.63, 3.8) is 0 Å². The van der Waals surface area contributed by atoms with Crippen molar-refractivity contribution in [2.75, 3.05) is 0 Å². The fourth-order valence-corrected chi connectivity index (χ4v) is 2.48. The van der Waals surface area contributed by atoms with Gasteiger partial charge in [0.15, 0.2) is 0 Å². The lowest BCUT2D eigenvalue weighted by molar-refractivity contribution is -0.136. The molecule has 0 radical (unpaired) electrons. The van der Waals surface area contributed by atoms with Crippen LogP contribution in [-0.2, 0) is 6.42 Å². The van der Waals surface area contributed by atoms with E-state index in [1.807, 2.05) is 24.3 Å². The van der Waals surface area contributed by atoms with Crippen LogP contribution in [0, 0.1) is 5.92 Å². The van der Waals surface area contributed by atoms with Gasteiger partial charge in [-0.25, -0.2) is 0 Å². The molecular formula is C13H15F3O. The van der Waals surface area contributed by atoms with Crippen molar-refractivity contribution in [2.24, 2.45) is 5.92 Å². The Labute approximate surface area is 98.3 Å². The zero-order valence-electron chi connectivity index (χ0n) is 9.37. The minimum atomic E-state index is -4.09. The van der Waals surface area contributed by atoms with Gasteiger partial charge in [0.1, 0.15) is 0 Å². The Hall–Kier alpha value is -1.03. The van der Waals surface area contributed by atoms with Crippen molar-refractivity contribution in [1.82, 2.24) is 0 Å². The molecule has 1 aromatic rings. The van der Waals surface area contributed by atoms with Gasteiger partial charge in [-0.15, -0.1) is 0 Å². The molecule has 0 heterocycles. The van der Waals surface area contributed by atoms with Crippen LogP contribution < -0.4 is 0 Å². The maximum atomic E-state index is 12.0. The Balaban J connectivity index is 1.90. The highest BCUT2D eigenvalue weighted by atomic mass is 19.4. The summed E-state index contributed by atoms with van der Waals surface area (Å²) < 4.78 is 36.1. The number of benzene rings is 1. The molecule has 2 unspecified atom stereocenters. The first-order valence-electron chi connectivity index (χ1n) is 5.80. The van der Waals surface area contributed by atoms with Crippen molar-refractivity contribution < 1.29 is 18.3 Å². The van der Waals surface area contributed by atoms with E-state index in [0.717, 1.165) is 11.1 Å². The van der Waals surface area contributed by atoms with Crippen LogP contribution in [0.1, 0.15) is 36.5 Å². The highest BCUT2D eigenvalue weighted by Gasteiger charge is 2.32. The first kappa shape index (κ1) is 12.4. The summed E-state index contributed by atoms with van der Waals surface area (Å²) in [5.41, 5.74) is 1.95. The van der Waals surface area contributed by atoms with Crippen molar-refractivity contribution in [3.05, 3.63) is 35.4 Å². The predicted octanol–water partition coefficient (Wildman–Crippen LogP) is 3.62. The van der Waals surface area contributed by atoms with Crippen molar-refractivity contribution in [3.8, 4) is 0 Å². The second kappa shape index (κ2) is 4.69. The summed E-state index contributed by atoms with van der Waals surface area (Å²) in [6, 6.07) is 7.52. The molecule has 0 aromatic heterocycles. The third-order valence-corrected chi connectivity index (χ3v) is 3.34. The Bertz CT molecular complexity index is 386. The van der Waals surface area contributed by atoms with Gasteiger partial charge in [0.05, 0.1) is 6.10 Å². The zero-order valence-corrected chi connectivity index (χ0v) is 9.37. The third kappa shape index (κ3) is 3.00. The molecule has 0 aliphatic heterocycles. The number of alkyl halides is 3. The molecule has 0 bridgehead atoms. The lowest BCUT2D eigenvalue weighted by Gasteiger charge is -2.15. The number of aliphatic hydroxyl groups is 1. The molecule has 2 rings (SSSR count). The Morgan fingerprint density at radius 2 is 1.94 bits per heavy atom. The molecule has 1 aromatic carbocycles. The molecule has 1 aliphatic carbocycles. The van der Waals surface area contributed by atoms with E-state index in [1.165, 1.54) is 0 Å². The normalized spacial score (nSPS) is 23.8. The van der Waals surface area contributed by atoms with Crippen LogP contribution in [0.4, 0.5) is 13.2 Å². The van der Waals surface area contributed by atoms with Gasteiger partial charge in [-0.05, 0) is 36.3 Å². The molecule has 17 heavy (non-hydrogen) atoms. The fraction of sp³-hybridized carbons (Fsp3) is 0.538. The van der Waals surface area contributed by atoms with E-state index >= 15 is 0 Å². The highest BCUT2D eigenvalue weighted by Crippen LogP contribution is 2.39. The van der Waals surface area contributed by atoms with Crippen LogP contribution in [0.15, 0.2) is 24.3 Å².